The van der Waals surface area contributed by atoms with Crippen LogP contribution in [0.25, 0.3) is 0 Å². The average Bonchev–Trinajstić information content (AvgIpc) is 3.23. The summed E-state index contributed by atoms with van der Waals surface area (Å²) in [5.74, 6) is 1.42. The number of rotatable bonds is 12. The number of hydrogen-bond acceptors (Lipinski definition) is 4. The van der Waals surface area contributed by atoms with Crippen LogP contribution in [0.1, 0.15) is 36.5 Å². The molecule has 0 radical (unpaired) electrons. The van der Waals surface area contributed by atoms with Crippen LogP contribution in [0.15, 0.2) is 77.2 Å². The van der Waals surface area contributed by atoms with Gasteiger partial charge in [-0.2, -0.15) is 0 Å². The average molecular weight is 463 g/mol. The van der Waals surface area contributed by atoms with E-state index in [2.05, 4.69) is 0 Å². The lowest BCUT2D eigenvalue weighted by molar-refractivity contribution is -0.144. The van der Waals surface area contributed by atoms with Crippen LogP contribution in [-0.2, 0) is 34.0 Å². The van der Waals surface area contributed by atoms with Crippen LogP contribution in [0.5, 0.6) is 0 Å². The molecule has 0 saturated carbocycles. The molecular weight excluding hydrogens is 428 g/mol. The van der Waals surface area contributed by atoms with Crippen molar-refractivity contribution in [1.82, 2.24) is 9.80 Å². The topological polar surface area (TPSA) is 63.0 Å². The second kappa shape index (κ2) is 12.8. The maximum atomic E-state index is 13.4. The van der Waals surface area contributed by atoms with Crippen LogP contribution in [0.2, 0.25) is 0 Å². The van der Waals surface area contributed by atoms with Crippen LogP contribution in [0.4, 0.5) is 0 Å². The molecule has 0 aliphatic heterocycles. The molecule has 0 aliphatic rings. The summed E-state index contributed by atoms with van der Waals surface area (Å²) in [5, 5.41) is 0. The number of furan rings is 1. The van der Waals surface area contributed by atoms with Crippen molar-refractivity contribution in [3.63, 3.8) is 0 Å². The molecule has 0 saturated heterocycles. The lowest BCUT2D eigenvalue weighted by atomic mass is 10.2. The zero-order valence-electron chi connectivity index (χ0n) is 20.3. The normalized spacial score (nSPS) is 10.9. The number of nitrogens with zero attached hydrogens (tertiary/aromatic N) is 2. The molecule has 34 heavy (non-hydrogen) atoms. The summed E-state index contributed by atoms with van der Waals surface area (Å²) in [5.41, 5.74) is 2.02. The van der Waals surface area contributed by atoms with E-state index >= 15 is 0 Å². The van der Waals surface area contributed by atoms with E-state index in [1.165, 1.54) is 0 Å². The second-order valence-corrected chi connectivity index (χ2v) is 8.89. The highest BCUT2D eigenvalue weighted by molar-refractivity contribution is 5.85. The molecule has 0 fully saturated rings. The standard InChI is InChI=1S/C28H34N2O4/c1-22(2)16-29(28(32)21-33-20-25-12-8-5-9-13-25)19-27(31)30(17-24-10-6-4-7-11-24)18-26-15-14-23(3)34-26/h4-15,22H,16-21H2,1-3H3. The maximum Gasteiger partial charge on any atom is 0.249 e. The Morgan fingerprint density at radius 1 is 0.824 bits per heavy atom. The highest BCUT2D eigenvalue weighted by atomic mass is 16.5. The van der Waals surface area contributed by atoms with Crippen LogP contribution in [0, 0.1) is 12.8 Å². The van der Waals surface area contributed by atoms with Gasteiger partial charge in [0.1, 0.15) is 18.1 Å². The van der Waals surface area contributed by atoms with Gasteiger partial charge in [-0.1, -0.05) is 74.5 Å². The fourth-order valence-corrected chi connectivity index (χ4v) is 3.67. The van der Waals surface area contributed by atoms with Crippen LogP contribution >= 0.6 is 0 Å². The Morgan fingerprint density at radius 2 is 1.47 bits per heavy atom. The van der Waals surface area contributed by atoms with Gasteiger partial charge in [0.05, 0.1) is 19.7 Å². The molecule has 2 amide bonds. The Labute approximate surface area is 202 Å². The van der Waals surface area contributed by atoms with E-state index in [4.69, 9.17) is 9.15 Å². The minimum absolute atomic E-state index is 0.00175. The Morgan fingerprint density at radius 3 is 2.06 bits per heavy atom. The summed E-state index contributed by atoms with van der Waals surface area (Å²) in [6.45, 7) is 7.50. The van der Waals surface area contributed by atoms with Crippen molar-refractivity contribution < 1.29 is 18.7 Å². The predicted molar refractivity (Wildman–Crippen MR) is 132 cm³/mol. The van der Waals surface area contributed by atoms with Gasteiger partial charge in [-0.15, -0.1) is 0 Å². The molecule has 0 bridgehead atoms. The summed E-state index contributed by atoms with van der Waals surface area (Å²) >= 11 is 0. The quantitative estimate of drug-likeness (QED) is 0.387. The molecule has 1 aromatic heterocycles. The smallest absolute Gasteiger partial charge is 0.249 e. The Kier molecular flexibility index (Phi) is 9.47. The summed E-state index contributed by atoms with van der Waals surface area (Å²) in [7, 11) is 0. The molecule has 180 valence electrons. The fraction of sp³-hybridized carbons (Fsp3) is 0.357. The largest absolute Gasteiger partial charge is 0.464 e. The molecule has 0 unspecified atom stereocenters. The zero-order valence-corrected chi connectivity index (χ0v) is 20.3. The predicted octanol–water partition coefficient (Wildman–Crippen LogP) is 4.82. The molecule has 0 N–H and O–H groups in total. The first-order valence-electron chi connectivity index (χ1n) is 11.7. The van der Waals surface area contributed by atoms with Crippen molar-refractivity contribution in [2.75, 3.05) is 19.7 Å². The van der Waals surface area contributed by atoms with Crippen molar-refractivity contribution >= 4 is 11.8 Å². The van der Waals surface area contributed by atoms with E-state index in [9.17, 15) is 9.59 Å². The first-order valence-corrected chi connectivity index (χ1v) is 11.7. The third kappa shape index (κ3) is 8.19. The van der Waals surface area contributed by atoms with Crippen LogP contribution in [-0.4, -0.2) is 41.3 Å². The SMILES string of the molecule is Cc1ccc(CN(Cc2ccccc2)C(=O)CN(CC(C)C)C(=O)COCc2ccccc2)o1. The number of benzene rings is 2. The van der Waals surface area contributed by atoms with Gasteiger partial charge in [0.15, 0.2) is 0 Å². The van der Waals surface area contributed by atoms with Gasteiger partial charge in [-0.3, -0.25) is 9.59 Å². The number of ether oxygens (including phenoxy) is 1. The first-order chi connectivity index (χ1) is 16.4. The number of carbonyl (C=O) groups excluding carboxylic acids is 2. The van der Waals surface area contributed by atoms with Crippen molar-refractivity contribution in [2.24, 2.45) is 5.92 Å². The molecular formula is C28H34N2O4. The van der Waals surface area contributed by atoms with Gasteiger partial charge in [0.25, 0.3) is 0 Å². The third-order valence-electron chi connectivity index (χ3n) is 5.31. The minimum atomic E-state index is -0.188. The van der Waals surface area contributed by atoms with Gasteiger partial charge in [-0.05, 0) is 36.1 Å². The lowest BCUT2D eigenvalue weighted by Gasteiger charge is -2.28. The molecule has 1 heterocycles. The van der Waals surface area contributed by atoms with Gasteiger partial charge >= 0.3 is 0 Å². The van der Waals surface area contributed by atoms with Crippen molar-refractivity contribution in [2.45, 2.75) is 40.5 Å². The monoisotopic (exact) mass is 462 g/mol. The number of aryl methyl sites for hydroxylation is 1. The summed E-state index contributed by atoms with van der Waals surface area (Å²) in [4.78, 5) is 29.7. The first kappa shape index (κ1) is 25.2. The second-order valence-electron chi connectivity index (χ2n) is 8.89. The number of hydrogen-bond donors (Lipinski definition) is 0. The van der Waals surface area contributed by atoms with Crippen molar-refractivity contribution in [3.8, 4) is 0 Å². The van der Waals surface area contributed by atoms with E-state index in [0.717, 1.165) is 22.6 Å². The van der Waals surface area contributed by atoms with Crippen molar-refractivity contribution in [1.29, 1.82) is 0 Å². The number of carbonyl (C=O) groups is 2. The summed E-state index contributed by atoms with van der Waals surface area (Å²) in [6.07, 6.45) is 0. The molecule has 2 aromatic carbocycles. The van der Waals surface area contributed by atoms with Gasteiger partial charge in [0, 0.05) is 13.1 Å². The van der Waals surface area contributed by atoms with Gasteiger partial charge < -0.3 is 19.0 Å². The summed E-state index contributed by atoms with van der Waals surface area (Å²) in [6, 6.07) is 23.3. The molecule has 0 atom stereocenters. The summed E-state index contributed by atoms with van der Waals surface area (Å²) < 4.78 is 11.4. The van der Waals surface area contributed by atoms with E-state index in [-0.39, 0.29) is 30.9 Å². The Bertz CT molecular complexity index is 1030. The zero-order chi connectivity index (χ0) is 24.3. The van der Waals surface area contributed by atoms with Crippen LogP contribution < -0.4 is 0 Å². The fourth-order valence-electron chi connectivity index (χ4n) is 3.67. The molecule has 0 aliphatic carbocycles. The minimum Gasteiger partial charge on any atom is -0.464 e. The van der Waals surface area contributed by atoms with Gasteiger partial charge in [0.2, 0.25) is 11.8 Å². The Balaban J connectivity index is 1.66. The van der Waals surface area contributed by atoms with Crippen LogP contribution in [0.3, 0.4) is 0 Å². The van der Waals surface area contributed by atoms with E-state index < -0.39 is 0 Å². The molecule has 3 rings (SSSR count). The highest BCUT2D eigenvalue weighted by Gasteiger charge is 2.23. The van der Waals surface area contributed by atoms with E-state index in [1.54, 1.807) is 9.80 Å². The molecule has 3 aromatic rings. The molecule has 6 heteroatoms. The Hall–Kier alpha value is -3.38. The van der Waals surface area contributed by atoms with E-state index in [0.29, 0.717) is 26.2 Å². The van der Waals surface area contributed by atoms with E-state index in [1.807, 2.05) is 93.6 Å². The molecule has 6 nitrogen and oxygen atoms in total. The lowest BCUT2D eigenvalue weighted by Crippen LogP contribution is -2.45. The number of amides is 2. The van der Waals surface area contributed by atoms with Crippen molar-refractivity contribution in [3.05, 3.63) is 95.4 Å². The van der Waals surface area contributed by atoms with Gasteiger partial charge in [-0.25, -0.2) is 0 Å². The molecule has 0 spiro atoms. The third-order valence-corrected chi connectivity index (χ3v) is 5.31. The highest BCUT2D eigenvalue weighted by Crippen LogP contribution is 2.14. The maximum absolute atomic E-state index is 13.4.